The molecule has 2 rings (SSSR count). The van der Waals surface area contributed by atoms with Gasteiger partial charge in [0.25, 0.3) is 5.56 Å². The van der Waals surface area contributed by atoms with Crippen LogP contribution in [0.1, 0.15) is 32.4 Å². The van der Waals surface area contributed by atoms with Gasteiger partial charge in [-0.05, 0) is 30.5 Å². The van der Waals surface area contributed by atoms with Crippen LogP contribution in [0.3, 0.4) is 0 Å². The number of benzene rings is 1. The van der Waals surface area contributed by atoms with Gasteiger partial charge in [0.15, 0.2) is 17.3 Å². The Morgan fingerprint density at radius 3 is 2.56 bits per heavy atom. The van der Waals surface area contributed by atoms with E-state index in [1.807, 2.05) is 0 Å². The highest BCUT2D eigenvalue weighted by Gasteiger charge is 2.11. The lowest BCUT2D eigenvalue weighted by atomic mass is 10.1. The summed E-state index contributed by atoms with van der Waals surface area (Å²) in [5, 5.41) is 10.9. The lowest BCUT2D eigenvalue weighted by Gasteiger charge is -2.09. The summed E-state index contributed by atoms with van der Waals surface area (Å²) in [4.78, 5) is 26.8. The highest BCUT2D eigenvalue weighted by atomic mass is 16.5. The summed E-state index contributed by atoms with van der Waals surface area (Å²) in [6, 6.07) is 5.19. The second kappa shape index (κ2) is 9.70. The first kappa shape index (κ1) is 20.4. The van der Waals surface area contributed by atoms with Crippen LogP contribution in [0.5, 0.6) is 11.5 Å². The summed E-state index contributed by atoms with van der Waals surface area (Å²) in [6.45, 7) is 4.83. The predicted octanol–water partition coefficient (Wildman–Crippen LogP) is 1.94. The number of rotatable bonds is 9. The van der Waals surface area contributed by atoms with Crippen molar-refractivity contribution in [1.29, 1.82) is 0 Å². The molecule has 1 heterocycles. The summed E-state index contributed by atoms with van der Waals surface area (Å²) in [7, 11) is 3.08. The van der Waals surface area contributed by atoms with Crippen molar-refractivity contribution >= 4 is 5.91 Å². The third-order valence-electron chi connectivity index (χ3n) is 4.05. The number of nitrogens with one attached hydrogen (secondary N) is 2. The van der Waals surface area contributed by atoms with Gasteiger partial charge in [0, 0.05) is 24.9 Å². The summed E-state index contributed by atoms with van der Waals surface area (Å²) in [6.07, 6.45) is 1.36. The van der Waals surface area contributed by atoms with Crippen molar-refractivity contribution in [3.63, 3.8) is 0 Å². The summed E-state index contributed by atoms with van der Waals surface area (Å²) in [5.41, 5.74) is 0.526. The first-order chi connectivity index (χ1) is 12.9. The Hall–Kier alpha value is -2.90. The van der Waals surface area contributed by atoms with Crippen molar-refractivity contribution < 1.29 is 14.3 Å². The van der Waals surface area contributed by atoms with E-state index < -0.39 is 0 Å². The van der Waals surface area contributed by atoms with Crippen molar-refractivity contribution in [2.45, 2.75) is 33.1 Å². The van der Waals surface area contributed by atoms with E-state index in [2.05, 4.69) is 34.3 Å². The SMILES string of the molecule is COc1ccc(-c2nnc(CCC(=O)NCCC(C)C)c(=O)[nH]2)cc1OC. The molecule has 2 N–H and O–H groups in total. The van der Waals surface area contributed by atoms with Crippen molar-refractivity contribution in [2.24, 2.45) is 5.92 Å². The van der Waals surface area contributed by atoms with Gasteiger partial charge in [0.05, 0.1) is 14.2 Å². The number of H-pyrrole nitrogens is 1. The summed E-state index contributed by atoms with van der Waals surface area (Å²) >= 11 is 0. The quantitative estimate of drug-likeness (QED) is 0.695. The number of carbonyl (C=O) groups is 1. The van der Waals surface area contributed by atoms with E-state index in [0.717, 1.165) is 6.42 Å². The largest absolute Gasteiger partial charge is 0.493 e. The minimum absolute atomic E-state index is 0.0965. The molecule has 2 aromatic rings. The number of carbonyl (C=O) groups excluding carboxylic acids is 1. The van der Waals surface area contributed by atoms with Crippen LogP contribution in [0.15, 0.2) is 23.0 Å². The zero-order valence-corrected chi connectivity index (χ0v) is 16.2. The normalized spacial score (nSPS) is 10.7. The fraction of sp³-hybridized carbons (Fsp3) is 0.474. The third-order valence-corrected chi connectivity index (χ3v) is 4.05. The maximum atomic E-state index is 12.3. The topological polar surface area (TPSA) is 106 Å². The van der Waals surface area contributed by atoms with Crippen molar-refractivity contribution in [3.8, 4) is 22.9 Å². The van der Waals surface area contributed by atoms with Gasteiger partial charge >= 0.3 is 0 Å². The monoisotopic (exact) mass is 374 g/mol. The van der Waals surface area contributed by atoms with Crippen LogP contribution in [0.25, 0.3) is 11.4 Å². The van der Waals surface area contributed by atoms with Crippen molar-refractivity contribution in [2.75, 3.05) is 20.8 Å². The number of methoxy groups -OCH3 is 2. The molecular formula is C19H26N4O4. The smallest absolute Gasteiger partial charge is 0.273 e. The molecule has 1 amide bonds. The first-order valence-corrected chi connectivity index (χ1v) is 8.89. The van der Waals surface area contributed by atoms with Crippen molar-refractivity contribution in [1.82, 2.24) is 20.5 Å². The van der Waals surface area contributed by atoms with E-state index in [4.69, 9.17) is 9.47 Å². The molecule has 1 aromatic heterocycles. The Morgan fingerprint density at radius 1 is 1.19 bits per heavy atom. The van der Waals surface area contributed by atoms with E-state index in [9.17, 15) is 9.59 Å². The molecule has 0 aliphatic carbocycles. The Kier molecular flexibility index (Phi) is 7.34. The van der Waals surface area contributed by atoms with E-state index in [-0.39, 0.29) is 30.0 Å². The summed E-state index contributed by atoms with van der Waals surface area (Å²) < 4.78 is 10.4. The van der Waals surface area contributed by atoms with Crippen LogP contribution in [0.4, 0.5) is 0 Å². The van der Waals surface area contributed by atoms with Crippen LogP contribution in [-0.2, 0) is 11.2 Å². The van der Waals surface area contributed by atoms with E-state index in [0.29, 0.717) is 35.3 Å². The molecule has 0 atom stereocenters. The maximum absolute atomic E-state index is 12.3. The number of aryl methyl sites for hydroxylation is 1. The molecule has 146 valence electrons. The molecule has 1 aromatic carbocycles. The average molecular weight is 374 g/mol. The molecular weight excluding hydrogens is 348 g/mol. The highest BCUT2D eigenvalue weighted by Crippen LogP contribution is 2.30. The Balaban J connectivity index is 2.03. The van der Waals surface area contributed by atoms with Gasteiger partial charge in [-0.15, -0.1) is 10.2 Å². The van der Waals surface area contributed by atoms with Crippen molar-refractivity contribution in [3.05, 3.63) is 34.2 Å². The maximum Gasteiger partial charge on any atom is 0.273 e. The first-order valence-electron chi connectivity index (χ1n) is 8.89. The number of amides is 1. The second-order valence-electron chi connectivity index (χ2n) is 6.55. The number of ether oxygens (including phenoxy) is 2. The molecule has 8 nitrogen and oxygen atoms in total. The fourth-order valence-electron chi connectivity index (χ4n) is 2.46. The lowest BCUT2D eigenvalue weighted by molar-refractivity contribution is -0.121. The van der Waals surface area contributed by atoms with E-state index >= 15 is 0 Å². The number of aromatic nitrogens is 3. The Morgan fingerprint density at radius 2 is 1.93 bits per heavy atom. The summed E-state index contributed by atoms with van der Waals surface area (Å²) in [5.74, 6) is 1.87. The van der Waals surface area contributed by atoms with Gasteiger partial charge in [-0.3, -0.25) is 9.59 Å². The number of nitrogens with zero attached hydrogens (tertiary/aromatic N) is 2. The number of hydrogen-bond acceptors (Lipinski definition) is 6. The minimum Gasteiger partial charge on any atom is -0.493 e. The number of aromatic amines is 1. The van der Waals surface area contributed by atoms with Gasteiger partial charge < -0.3 is 19.8 Å². The minimum atomic E-state index is -0.357. The fourth-order valence-corrected chi connectivity index (χ4v) is 2.46. The Bertz CT molecular complexity index is 833. The predicted molar refractivity (Wildman–Crippen MR) is 102 cm³/mol. The van der Waals surface area contributed by atoms with E-state index in [1.165, 1.54) is 7.11 Å². The molecule has 27 heavy (non-hydrogen) atoms. The molecule has 0 aliphatic rings. The Labute approximate surface area is 158 Å². The average Bonchev–Trinajstić information content (AvgIpc) is 2.66. The molecule has 0 spiro atoms. The van der Waals surface area contributed by atoms with Gasteiger partial charge in [-0.25, -0.2) is 0 Å². The van der Waals surface area contributed by atoms with Gasteiger partial charge in [0.2, 0.25) is 5.91 Å². The van der Waals surface area contributed by atoms with Crippen LogP contribution in [0.2, 0.25) is 0 Å². The van der Waals surface area contributed by atoms with Gasteiger partial charge in [-0.2, -0.15) is 0 Å². The molecule has 0 saturated carbocycles. The lowest BCUT2D eigenvalue weighted by Crippen LogP contribution is -2.27. The molecule has 8 heteroatoms. The molecule has 0 unspecified atom stereocenters. The molecule has 0 saturated heterocycles. The third kappa shape index (κ3) is 5.80. The molecule has 0 radical (unpaired) electrons. The zero-order valence-electron chi connectivity index (χ0n) is 16.2. The number of hydrogen-bond donors (Lipinski definition) is 2. The molecule has 0 bridgehead atoms. The van der Waals surface area contributed by atoms with E-state index in [1.54, 1.807) is 25.3 Å². The van der Waals surface area contributed by atoms with Crippen LogP contribution < -0.4 is 20.3 Å². The van der Waals surface area contributed by atoms with Crippen LogP contribution >= 0.6 is 0 Å². The van der Waals surface area contributed by atoms with Crippen LogP contribution in [0, 0.1) is 5.92 Å². The molecule has 0 aliphatic heterocycles. The van der Waals surface area contributed by atoms with Crippen LogP contribution in [-0.4, -0.2) is 41.9 Å². The standard InChI is InChI=1S/C19H26N4O4/c1-12(2)9-10-20-17(24)8-6-14-19(25)21-18(23-22-14)13-5-7-15(26-3)16(11-13)27-4/h5,7,11-12H,6,8-10H2,1-4H3,(H,20,24)(H,21,23,25). The van der Waals surface area contributed by atoms with Gasteiger partial charge in [0.1, 0.15) is 5.69 Å². The highest BCUT2D eigenvalue weighted by molar-refractivity contribution is 5.76. The van der Waals surface area contributed by atoms with Gasteiger partial charge in [-0.1, -0.05) is 13.8 Å². The molecule has 0 fully saturated rings. The zero-order chi connectivity index (χ0) is 19.8. The second-order valence-corrected chi connectivity index (χ2v) is 6.55.